The normalized spacial score (nSPS) is 28.9. The molecule has 0 N–H and O–H groups in total. The zero-order valence-electron chi connectivity index (χ0n) is 9.12. The van der Waals surface area contributed by atoms with Crippen LogP contribution < -0.4 is 0 Å². The molecule has 1 heterocycles. The molecule has 96 valence electrons. The van der Waals surface area contributed by atoms with Crippen LogP contribution in [0.15, 0.2) is 35.1 Å². The molecule has 6 heteroatoms. The smallest absolute Gasteiger partial charge is 0.270 e. The van der Waals surface area contributed by atoms with Crippen molar-refractivity contribution in [2.24, 2.45) is 0 Å². The molecule has 2 aliphatic rings. The van der Waals surface area contributed by atoms with Crippen molar-refractivity contribution in [1.82, 2.24) is 4.90 Å². The molecule has 0 radical (unpaired) electrons. The highest BCUT2D eigenvalue weighted by Gasteiger charge is 2.62. The van der Waals surface area contributed by atoms with E-state index >= 15 is 0 Å². The third-order valence-corrected chi connectivity index (χ3v) is 3.70. The molecule has 0 aromatic heterocycles. The van der Waals surface area contributed by atoms with Gasteiger partial charge in [0.15, 0.2) is 10.9 Å². The van der Waals surface area contributed by atoms with Gasteiger partial charge in [0, 0.05) is 17.0 Å². The summed E-state index contributed by atoms with van der Waals surface area (Å²) in [5.74, 6) is -2.62. The Kier molecular flexibility index (Phi) is 2.79. The Labute approximate surface area is 116 Å². The molecule has 0 amide bonds. The topological polar surface area (TPSA) is 12.5 Å². The van der Waals surface area contributed by atoms with Crippen molar-refractivity contribution < 1.29 is 13.5 Å². The maximum Gasteiger partial charge on any atom is 0.270 e. The fourth-order valence-corrected chi connectivity index (χ4v) is 2.57. The summed E-state index contributed by atoms with van der Waals surface area (Å²) < 4.78 is 32.3. The zero-order chi connectivity index (χ0) is 12.9. The van der Waals surface area contributed by atoms with E-state index in [2.05, 4.69) is 15.9 Å². The van der Waals surface area contributed by atoms with Crippen molar-refractivity contribution >= 4 is 27.5 Å². The standard InChI is InChI=1S/C12H9BrClF2NO/c13-10-6-17(9-5-12(9,15)16)11(18-10)7-1-3-8(14)4-2-7/h1-4,6,9,11H,5H2. The van der Waals surface area contributed by atoms with E-state index in [-0.39, 0.29) is 6.42 Å². The summed E-state index contributed by atoms with van der Waals surface area (Å²) >= 11 is 9.00. The largest absolute Gasteiger partial charge is 0.458 e. The van der Waals surface area contributed by atoms with Gasteiger partial charge in [-0.3, -0.25) is 0 Å². The fraction of sp³-hybridized carbons (Fsp3) is 0.333. The Morgan fingerprint density at radius 3 is 2.50 bits per heavy atom. The molecule has 1 fully saturated rings. The van der Waals surface area contributed by atoms with Crippen LogP contribution in [0.5, 0.6) is 0 Å². The van der Waals surface area contributed by atoms with Gasteiger partial charge >= 0.3 is 0 Å². The van der Waals surface area contributed by atoms with E-state index in [0.717, 1.165) is 5.56 Å². The second kappa shape index (κ2) is 4.10. The number of benzene rings is 1. The van der Waals surface area contributed by atoms with Crippen molar-refractivity contribution in [1.29, 1.82) is 0 Å². The van der Waals surface area contributed by atoms with E-state index in [1.807, 2.05) is 0 Å². The highest BCUT2D eigenvalue weighted by atomic mass is 79.9. The van der Waals surface area contributed by atoms with Crippen LogP contribution in [0.4, 0.5) is 8.78 Å². The molecule has 0 saturated heterocycles. The lowest BCUT2D eigenvalue weighted by Gasteiger charge is -2.24. The summed E-state index contributed by atoms with van der Waals surface area (Å²) in [7, 11) is 0. The lowest BCUT2D eigenvalue weighted by atomic mass is 10.2. The first-order chi connectivity index (χ1) is 8.47. The van der Waals surface area contributed by atoms with E-state index in [9.17, 15) is 8.78 Å². The molecule has 0 spiro atoms. The number of nitrogens with zero attached hydrogens (tertiary/aromatic N) is 1. The first-order valence-corrected chi connectivity index (χ1v) is 6.59. The average molecular weight is 337 g/mol. The minimum absolute atomic E-state index is 0.128. The fourth-order valence-electron chi connectivity index (χ4n) is 2.03. The highest BCUT2D eigenvalue weighted by Crippen LogP contribution is 2.51. The Hall–Kier alpha value is -0.810. The molecule has 2 unspecified atom stereocenters. The Balaban J connectivity index is 1.86. The van der Waals surface area contributed by atoms with Gasteiger partial charge in [0.1, 0.15) is 6.04 Å². The van der Waals surface area contributed by atoms with Crippen LogP contribution in [0.1, 0.15) is 18.2 Å². The molecule has 3 rings (SSSR count). The van der Waals surface area contributed by atoms with Crippen LogP contribution in [-0.4, -0.2) is 16.9 Å². The van der Waals surface area contributed by atoms with E-state index in [1.165, 1.54) is 0 Å². The molecule has 18 heavy (non-hydrogen) atoms. The number of alkyl halides is 2. The number of ether oxygens (including phenoxy) is 1. The zero-order valence-corrected chi connectivity index (χ0v) is 11.5. The maximum atomic E-state index is 13.2. The Bertz CT molecular complexity index is 505. The number of hydrogen-bond donors (Lipinski definition) is 0. The van der Waals surface area contributed by atoms with E-state index in [4.69, 9.17) is 16.3 Å². The maximum absolute atomic E-state index is 13.2. The Morgan fingerprint density at radius 2 is 1.94 bits per heavy atom. The van der Waals surface area contributed by atoms with Crippen molar-refractivity contribution in [2.45, 2.75) is 24.6 Å². The molecule has 2 nitrogen and oxygen atoms in total. The number of halogens is 4. The minimum Gasteiger partial charge on any atom is -0.458 e. The number of hydrogen-bond acceptors (Lipinski definition) is 2. The second-order valence-electron chi connectivity index (χ2n) is 4.38. The predicted octanol–water partition coefficient (Wildman–Crippen LogP) is 4.27. The summed E-state index contributed by atoms with van der Waals surface area (Å²) in [4.78, 5) is 1.55. The molecule has 1 aromatic carbocycles. The summed E-state index contributed by atoms with van der Waals surface area (Å²) in [6, 6.07) is 6.21. The van der Waals surface area contributed by atoms with Gasteiger partial charge in [-0.15, -0.1) is 0 Å². The molecular weight excluding hydrogens is 327 g/mol. The van der Waals surface area contributed by atoms with Gasteiger partial charge in [-0.25, -0.2) is 8.78 Å². The second-order valence-corrected chi connectivity index (χ2v) is 5.60. The molecule has 1 saturated carbocycles. The van der Waals surface area contributed by atoms with Crippen LogP contribution in [0.25, 0.3) is 0 Å². The van der Waals surface area contributed by atoms with Crippen molar-refractivity contribution in [3.05, 3.63) is 45.7 Å². The van der Waals surface area contributed by atoms with Crippen molar-refractivity contribution in [3.8, 4) is 0 Å². The molecule has 1 aliphatic heterocycles. The first kappa shape index (κ1) is 12.2. The van der Waals surface area contributed by atoms with Gasteiger partial charge in [0.05, 0.1) is 6.20 Å². The van der Waals surface area contributed by atoms with Gasteiger partial charge in [0.2, 0.25) is 0 Å². The Morgan fingerprint density at radius 1 is 1.33 bits per heavy atom. The predicted molar refractivity (Wildman–Crippen MR) is 67.5 cm³/mol. The van der Waals surface area contributed by atoms with Crippen LogP contribution in [0.3, 0.4) is 0 Å². The monoisotopic (exact) mass is 335 g/mol. The van der Waals surface area contributed by atoms with Crippen LogP contribution in [-0.2, 0) is 4.74 Å². The van der Waals surface area contributed by atoms with Crippen molar-refractivity contribution in [3.63, 3.8) is 0 Å². The van der Waals surface area contributed by atoms with Gasteiger partial charge < -0.3 is 9.64 Å². The van der Waals surface area contributed by atoms with E-state index < -0.39 is 18.2 Å². The van der Waals surface area contributed by atoms with Gasteiger partial charge in [-0.05, 0) is 28.1 Å². The molecule has 1 aromatic rings. The SMILES string of the molecule is FC1(F)CC1N1C=C(Br)OC1c1ccc(Cl)cc1. The van der Waals surface area contributed by atoms with Crippen molar-refractivity contribution in [2.75, 3.05) is 0 Å². The van der Waals surface area contributed by atoms with E-state index in [1.54, 1.807) is 35.4 Å². The third-order valence-electron chi connectivity index (χ3n) is 3.05. The third kappa shape index (κ3) is 2.10. The quantitative estimate of drug-likeness (QED) is 0.799. The number of rotatable bonds is 2. The minimum atomic E-state index is -2.62. The first-order valence-electron chi connectivity index (χ1n) is 5.42. The lowest BCUT2D eigenvalue weighted by molar-refractivity contribution is 0.0118. The van der Waals surface area contributed by atoms with Gasteiger partial charge in [0.25, 0.3) is 5.92 Å². The molecule has 1 aliphatic carbocycles. The highest BCUT2D eigenvalue weighted by molar-refractivity contribution is 9.11. The summed E-state index contributed by atoms with van der Waals surface area (Å²) in [6.07, 6.45) is 0.928. The van der Waals surface area contributed by atoms with Gasteiger partial charge in [-0.2, -0.15) is 0 Å². The molecular formula is C12H9BrClF2NO. The summed E-state index contributed by atoms with van der Waals surface area (Å²) in [5.41, 5.74) is 0.799. The van der Waals surface area contributed by atoms with Crippen LogP contribution >= 0.6 is 27.5 Å². The lowest BCUT2D eigenvalue weighted by Crippen LogP contribution is -2.26. The van der Waals surface area contributed by atoms with Gasteiger partial charge in [-0.1, -0.05) is 23.7 Å². The summed E-state index contributed by atoms with van der Waals surface area (Å²) in [5, 5.41) is 0.604. The molecule has 2 atom stereocenters. The van der Waals surface area contributed by atoms with Crippen LogP contribution in [0.2, 0.25) is 5.02 Å². The molecule has 0 bridgehead atoms. The summed E-state index contributed by atoms with van der Waals surface area (Å²) in [6.45, 7) is 0. The van der Waals surface area contributed by atoms with E-state index in [0.29, 0.717) is 9.69 Å². The average Bonchev–Trinajstić information content (AvgIpc) is 2.77. The van der Waals surface area contributed by atoms with Crippen LogP contribution in [0, 0.1) is 0 Å².